The average Bonchev–Trinajstić information content (AvgIpc) is 3.16. The summed E-state index contributed by atoms with van der Waals surface area (Å²) in [5.74, 6) is -0.498. The smallest absolute Gasteiger partial charge is 0.272 e. The molecule has 24 heavy (non-hydrogen) atoms. The van der Waals surface area contributed by atoms with Crippen LogP contribution < -0.4 is 0 Å². The highest BCUT2D eigenvalue weighted by Gasteiger charge is 2.34. The third-order valence-corrected chi connectivity index (χ3v) is 5.95. The molecule has 0 bridgehead atoms. The van der Waals surface area contributed by atoms with Crippen LogP contribution in [0.3, 0.4) is 0 Å². The van der Waals surface area contributed by atoms with Gasteiger partial charge in [-0.15, -0.1) is 0 Å². The minimum Gasteiger partial charge on any atom is -0.334 e. The van der Waals surface area contributed by atoms with Crippen LogP contribution in [0.25, 0.3) is 11.3 Å². The lowest BCUT2D eigenvalue weighted by atomic mass is 10.1. The summed E-state index contributed by atoms with van der Waals surface area (Å²) in [6.07, 6.45) is 0.459. The Hall–Kier alpha value is -2.22. The molecule has 2 aromatic rings. The third kappa shape index (κ3) is 3.33. The van der Waals surface area contributed by atoms with Crippen LogP contribution in [0, 0.1) is 5.82 Å². The Morgan fingerprint density at radius 3 is 2.67 bits per heavy atom. The molecule has 6 nitrogen and oxygen atoms in total. The number of carbonyl (C=O) groups is 1. The van der Waals surface area contributed by atoms with E-state index in [1.54, 1.807) is 23.1 Å². The second-order valence-electron chi connectivity index (χ2n) is 5.82. The lowest BCUT2D eigenvalue weighted by molar-refractivity contribution is 0.0702. The van der Waals surface area contributed by atoms with Crippen molar-refractivity contribution in [1.82, 2.24) is 15.1 Å². The summed E-state index contributed by atoms with van der Waals surface area (Å²) in [5.41, 5.74) is 1.52. The fourth-order valence-corrected chi connectivity index (χ4v) is 4.67. The zero-order valence-corrected chi connectivity index (χ0v) is 14.0. The summed E-state index contributed by atoms with van der Waals surface area (Å²) in [7, 11) is -3.06. The van der Waals surface area contributed by atoms with Gasteiger partial charge in [0.1, 0.15) is 11.5 Å². The van der Waals surface area contributed by atoms with Crippen molar-refractivity contribution >= 4 is 15.7 Å². The van der Waals surface area contributed by atoms with Gasteiger partial charge < -0.3 is 4.90 Å². The van der Waals surface area contributed by atoms with Crippen LogP contribution in [0.15, 0.2) is 30.3 Å². The van der Waals surface area contributed by atoms with Crippen LogP contribution in [0.2, 0.25) is 0 Å². The van der Waals surface area contributed by atoms with E-state index in [4.69, 9.17) is 0 Å². The molecule has 1 N–H and O–H groups in total. The van der Waals surface area contributed by atoms with E-state index in [2.05, 4.69) is 10.2 Å². The number of H-pyrrole nitrogens is 1. The van der Waals surface area contributed by atoms with Crippen LogP contribution in [0.4, 0.5) is 4.39 Å². The molecule has 0 saturated carbocycles. The number of sulfone groups is 1. The maximum Gasteiger partial charge on any atom is 0.272 e. The Balaban J connectivity index is 1.80. The zero-order chi connectivity index (χ0) is 17.3. The van der Waals surface area contributed by atoms with E-state index in [1.165, 1.54) is 12.1 Å². The standard InChI is InChI=1S/C16H18FN3O3S/c1-2-20(13-7-8-24(22,23)10-13)16(21)15-9-14(18-19-15)11-3-5-12(17)6-4-11/h3-6,9,13H,2,7-8,10H2,1H3,(H,18,19)/t13-/m1/s1. The number of nitrogens with one attached hydrogen (secondary N) is 1. The van der Waals surface area contributed by atoms with Gasteiger partial charge >= 0.3 is 0 Å². The topological polar surface area (TPSA) is 83.1 Å². The van der Waals surface area contributed by atoms with Gasteiger partial charge in [-0.3, -0.25) is 9.89 Å². The van der Waals surface area contributed by atoms with E-state index in [-0.39, 0.29) is 29.3 Å². The van der Waals surface area contributed by atoms with Crippen LogP contribution in [-0.4, -0.2) is 53.5 Å². The Kier molecular flexibility index (Phi) is 4.40. The Labute approximate surface area is 139 Å². The van der Waals surface area contributed by atoms with Crippen molar-refractivity contribution in [3.8, 4) is 11.3 Å². The molecule has 2 heterocycles. The fraction of sp³-hybridized carbons (Fsp3) is 0.375. The van der Waals surface area contributed by atoms with E-state index >= 15 is 0 Å². The molecule has 1 aliphatic rings. The number of nitrogens with zero attached hydrogens (tertiary/aromatic N) is 2. The molecule has 0 radical (unpaired) electrons. The number of aromatic amines is 1. The molecular formula is C16H18FN3O3S. The summed E-state index contributed by atoms with van der Waals surface area (Å²) >= 11 is 0. The number of benzene rings is 1. The average molecular weight is 351 g/mol. The summed E-state index contributed by atoms with van der Waals surface area (Å²) in [6.45, 7) is 2.24. The molecule has 1 saturated heterocycles. The first kappa shape index (κ1) is 16.6. The quantitative estimate of drug-likeness (QED) is 0.911. The molecule has 8 heteroatoms. The number of aromatic nitrogens is 2. The van der Waals surface area contributed by atoms with E-state index in [9.17, 15) is 17.6 Å². The van der Waals surface area contributed by atoms with Crippen LogP contribution in [0.1, 0.15) is 23.8 Å². The number of hydrogen-bond donors (Lipinski definition) is 1. The molecule has 128 valence electrons. The van der Waals surface area contributed by atoms with E-state index < -0.39 is 9.84 Å². The van der Waals surface area contributed by atoms with Crippen LogP contribution in [-0.2, 0) is 9.84 Å². The van der Waals surface area contributed by atoms with Gasteiger partial charge in [0.15, 0.2) is 9.84 Å². The molecule has 1 aromatic carbocycles. The Morgan fingerprint density at radius 1 is 1.38 bits per heavy atom. The van der Waals surface area contributed by atoms with Gasteiger partial charge in [-0.1, -0.05) is 0 Å². The summed E-state index contributed by atoms with van der Waals surface area (Å²) in [6, 6.07) is 7.12. The zero-order valence-electron chi connectivity index (χ0n) is 13.2. The van der Waals surface area contributed by atoms with Gasteiger partial charge in [0.05, 0.1) is 17.2 Å². The van der Waals surface area contributed by atoms with Crippen LogP contribution >= 0.6 is 0 Å². The molecule has 0 aliphatic carbocycles. The monoisotopic (exact) mass is 351 g/mol. The normalized spacial score (nSPS) is 19.3. The van der Waals surface area contributed by atoms with E-state index in [0.29, 0.717) is 29.9 Å². The molecule has 0 spiro atoms. The predicted molar refractivity (Wildman–Crippen MR) is 87.8 cm³/mol. The van der Waals surface area contributed by atoms with Gasteiger partial charge in [0.2, 0.25) is 0 Å². The molecule has 1 aromatic heterocycles. The molecule has 1 fully saturated rings. The van der Waals surface area contributed by atoms with E-state index in [0.717, 1.165) is 0 Å². The number of amides is 1. The SMILES string of the molecule is CCN(C(=O)c1cc(-c2ccc(F)cc2)n[nH]1)[C@@H]1CCS(=O)(=O)C1. The van der Waals surface area contributed by atoms with Crippen molar-refractivity contribution in [3.63, 3.8) is 0 Å². The first-order chi connectivity index (χ1) is 11.4. The minimum absolute atomic E-state index is 0.00549. The second-order valence-corrected chi connectivity index (χ2v) is 8.05. The largest absolute Gasteiger partial charge is 0.334 e. The van der Waals surface area contributed by atoms with Gasteiger partial charge in [-0.2, -0.15) is 5.10 Å². The fourth-order valence-electron chi connectivity index (χ4n) is 2.94. The lowest BCUT2D eigenvalue weighted by Crippen LogP contribution is -2.41. The highest BCUT2D eigenvalue weighted by molar-refractivity contribution is 7.91. The molecular weight excluding hydrogens is 333 g/mol. The van der Waals surface area contributed by atoms with Crippen molar-refractivity contribution < 1.29 is 17.6 Å². The van der Waals surface area contributed by atoms with Gasteiger partial charge in [0, 0.05) is 18.2 Å². The highest BCUT2D eigenvalue weighted by Crippen LogP contribution is 2.22. The van der Waals surface area contributed by atoms with Crippen molar-refractivity contribution in [2.75, 3.05) is 18.1 Å². The Morgan fingerprint density at radius 2 is 2.08 bits per heavy atom. The second kappa shape index (κ2) is 6.35. The number of halogens is 1. The van der Waals surface area contributed by atoms with Crippen molar-refractivity contribution in [2.24, 2.45) is 0 Å². The van der Waals surface area contributed by atoms with Crippen molar-refractivity contribution in [2.45, 2.75) is 19.4 Å². The molecule has 1 aliphatic heterocycles. The molecule has 1 amide bonds. The van der Waals surface area contributed by atoms with Crippen LogP contribution in [0.5, 0.6) is 0 Å². The number of carbonyl (C=O) groups excluding carboxylic acids is 1. The highest BCUT2D eigenvalue weighted by atomic mass is 32.2. The Bertz CT molecular complexity index is 846. The molecule has 0 unspecified atom stereocenters. The summed E-state index contributed by atoms with van der Waals surface area (Å²) in [4.78, 5) is 14.2. The van der Waals surface area contributed by atoms with Gasteiger partial charge in [0.25, 0.3) is 5.91 Å². The number of rotatable bonds is 4. The molecule has 1 atom stereocenters. The first-order valence-electron chi connectivity index (χ1n) is 7.72. The third-order valence-electron chi connectivity index (χ3n) is 4.20. The summed E-state index contributed by atoms with van der Waals surface area (Å²) < 4.78 is 36.3. The maximum atomic E-state index is 13.0. The van der Waals surface area contributed by atoms with E-state index in [1.807, 2.05) is 6.92 Å². The van der Waals surface area contributed by atoms with Gasteiger partial charge in [-0.05, 0) is 43.7 Å². The maximum absolute atomic E-state index is 13.0. The summed E-state index contributed by atoms with van der Waals surface area (Å²) in [5, 5.41) is 6.79. The minimum atomic E-state index is -3.06. The van der Waals surface area contributed by atoms with Crippen molar-refractivity contribution in [1.29, 1.82) is 0 Å². The number of hydrogen-bond acceptors (Lipinski definition) is 4. The first-order valence-corrected chi connectivity index (χ1v) is 9.54. The molecule has 3 rings (SSSR count). The predicted octanol–water partition coefficient (Wildman–Crippen LogP) is 1.86. The van der Waals surface area contributed by atoms with Gasteiger partial charge in [-0.25, -0.2) is 12.8 Å². The lowest BCUT2D eigenvalue weighted by Gasteiger charge is -2.26. The van der Waals surface area contributed by atoms with Crippen molar-refractivity contribution in [3.05, 3.63) is 41.8 Å².